The lowest BCUT2D eigenvalue weighted by molar-refractivity contribution is -0.146. The number of anilines is 1. The van der Waals surface area contributed by atoms with Gasteiger partial charge in [-0.2, -0.15) is 13.2 Å². The molecule has 1 aliphatic carbocycles. The number of alkyl carbamates (subject to hydrolysis) is 1. The highest BCUT2D eigenvalue weighted by Crippen LogP contribution is 2.32. The van der Waals surface area contributed by atoms with Crippen LogP contribution in [0, 0.1) is 11.8 Å². The number of hydrogen-bond donors (Lipinski definition) is 4. The van der Waals surface area contributed by atoms with Crippen LogP contribution in [0.3, 0.4) is 0 Å². The summed E-state index contributed by atoms with van der Waals surface area (Å²) < 4.78 is 43.4. The van der Waals surface area contributed by atoms with Crippen molar-refractivity contribution in [3.05, 3.63) is 59.8 Å². The Morgan fingerprint density at radius 1 is 1.08 bits per heavy atom. The molecule has 11 heteroatoms. The molecule has 2 aromatic rings. The average molecular weight is 522 g/mol. The highest BCUT2D eigenvalue weighted by molar-refractivity contribution is 5.94. The Labute approximate surface area is 214 Å². The van der Waals surface area contributed by atoms with Gasteiger partial charge in [-0.25, -0.2) is 9.78 Å². The molecule has 8 nitrogen and oxygen atoms in total. The average Bonchev–Trinajstić information content (AvgIpc) is 2.87. The fourth-order valence-electron chi connectivity index (χ4n) is 4.22. The van der Waals surface area contributed by atoms with Crippen molar-refractivity contribution in [1.82, 2.24) is 15.6 Å². The molecule has 1 aliphatic rings. The summed E-state index contributed by atoms with van der Waals surface area (Å²) in [5, 5.41) is 8.06. The number of rotatable bonds is 10. The minimum absolute atomic E-state index is 0.109. The van der Waals surface area contributed by atoms with E-state index in [1.807, 2.05) is 30.3 Å². The minimum atomic E-state index is -4.48. The highest BCUT2D eigenvalue weighted by atomic mass is 19.4. The normalized spacial score (nSPS) is 19.5. The molecule has 0 saturated heterocycles. The summed E-state index contributed by atoms with van der Waals surface area (Å²) in [6, 6.07) is 10.6. The number of hydrogen-bond acceptors (Lipinski definition) is 6. The lowest BCUT2D eigenvalue weighted by atomic mass is 9.80. The molecule has 0 spiro atoms. The number of alkyl halides is 3. The molecule has 3 rings (SSSR count). The van der Waals surface area contributed by atoms with Crippen LogP contribution in [0.4, 0.5) is 23.8 Å². The van der Waals surface area contributed by atoms with E-state index in [9.17, 15) is 22.8 Å². The molecule has 0 aliphatic heterocycles. The monoisotopic (exact) mass is 521 g/mol. The number of amides is 2. The number of pyridine rings is 1. The van der Waals surface area contributed by atoms with E-state index in [0.29, 0.717) is 11.5 Å². The van der Waals surface area contributed by atoms with Crippen LogP contribution < -0.4 is 21.7 Å². The molecule has 0 bridgehead atoms. The number of aromatic nitrogens is 1. The number of carbonyl (C=O) groups is 2. The minimum Gasteiger partial charge on any atom is -0.436 e. The number of nitrogens with two attached hydrogens (primary N) is 1. The van der Waals surface area contributed by atoms with Crippen LogP contribution in [-0.2, 0) is 22.6 Å². The predicted octanol–water partition coefficient (Wildman–Crippen LogP) is 4.12. The third-order valence-electron chi connectivity index (χ3n) is 6.45. The summed E-state index contributed by atoms with van der Waals surface area (Å²) in [6.45, 7) is 2.09. The molecule has 1 aromatic carbocycles. The van der Waals surface area contributed by atoms with Gasteiger partial charge < -0.3 is 26.4 Å². The van der Waals surface area contributed by atoms with Gasteiger partial charge in [-0.15, -0.1) is 0 Å². The SMILES string of the molecule is CC1CCC(C(OC(=O)NCc2ccccc2)C(=O)Nc2cc(CNC[C@H](N)C(F)(F)F)ccn2)CC1. The zero-order valence-corrected chi connectivity index (χ0v) is 20.8. The van der Waals surface area contributed by atoms with Crippen LogP contribution in [0.2, 0.25) is 0 Å². The Kier molecular flexibility index (Phi) is 10.3. The molecule has 1 heterocycles. The Morgan fingerprint density at radius 3 is 2.46 bits per heavy atom. The molecule has 1 fully saturated rings. The van der Waals surface area contributed by atoms with Gasteiger partial charge in [0.1, 0.15) is 11.9 Å². The van der Waals surface area contributed by atoms with Gasteiger partial charge >= 0.3 is 12.3 Å². The zero-order valence-electron chi connectivity index (χ0n) is 20.8. The van der Waals surface area contributed by atoms with Crippen molar-refractivity contribution in [2.24, 2.45) is 17.6 Å². The Morgan fingerprint density at radius 2 is 1.78 bits per heavy atom. The van der Waals surface area contributed by atoms with Crippen LogP contribution >= 0.6 is 0 Å². The van der Waals surface area contributed by atoms with Gasteiger partial charge in [0.05, 0.1) is 0 Å². The molecule has 202 valence electrons. The molecule has 5 N–H and O–H groups in total. The topological polar surface area (TPSA) is 118 Å². The molecular formula is C26H34F3N5O3. The van der Waals surface area contributed by atoms with Crippen LogP contribution in [0.5, 0.6) is 0 Å². The predicted molar refractivity (Wildman–Crippen MR) is 133 cm³/mol. The fraction of sp³-hybridized carbons (Fsp3) is 0.500. The fourth-order valence-corrected chi connectivity index (χ4v) is 4.22. The van der Waals surface area contributed by atoms with Crippen LogP contribution in [0.15, 0.2) is 48.7 Å². The second-order valence-corrected chi connectivity index (χ2v) is 9.50. The largest absolute Gasteiger partial charge is 0.436 e. The standard InChI is InChI=1S/C26H34F3N5O3/c1-17-7-9-20(10-8-17)23(37-25(36)33-15-18-5-3-2-4-6-18)24(35)34-22-13-19(11-12-32-22)14-31-16-21(30)26(27,28)29/h2-6,11-13,17,20-21,23,31H,7-10,14-16,30H2,1H3,(H,33,36)(H,32,34,35)/t17?,20?,21-,23?/m0/s1. The molecule has 1 aromatic heterocycles. The van der Waals surface area contributed by atoms with Gasteiger partial charge in [0.15, 0.2) is 6.10 Å². The number of nitrogens with zero attached hydrogens (tertiary/aromatic N) is 1. The van der Waals surface area contributed by atoms with Crippen LogP contribution in [0.1, 0.15) is 43.7 Å². The maximum atomic E-state index is 13.2. The van der Waals surface area contributed by atoms with E-state index in [1.54, 1.807) is 12.1 Å². The Balaban J connectivity index is 1.61. The summed E-state index contributed by atoms with van der Waals surface area (Å²) in [6.07, 6.45) is -1.35. The Hall–Kier alpha value is -3.18. The van der Waals surface area contributed by atoms with Crippen LogP contribution in [0.25, 0.3) is 0 Å². The van der Waals surface area contributed by atoms with E-state index in [4.69, 9.17) is 10.5 Å². The summed E-state index contributed by atoms with van der Waals surface area (Å²) in [5.74, 6) is 0.133. The summed E-state index contributed by atoms with van der Waals surface area (Å²) in [5.41, 5.74) is 6.63. The number of carbonyl (C=O) groups excluding carboxylic acids is 2. The first-order valence-corrected chi connectivity index (χ1v) is 12.4. The lowest BCUT2D eigenvalue weighted by Crippen LogP contribution is -2.45. The second-order valence-electron chi connectivity index (χ2n) is 9.50. The molecule has 1 saturated carbocycles. The van der Waals surface area contributed by atoms with E-state index in [2.05, 4.69) is 27.9 Å². The maximum Gasteiger partial charge on any atom is 0.408 e. The van der Waals surface area contributed by atoms with Crippen molar-refractivity contribution in [3.8, 4) is 0 Å². The van der Waals surface area contributed by atoms with Crippen molar-refractivity contribution in [2.45, 2.75) is 64.0 Å². The first kappa shape index (κ1) is 28.4. The van der Waals surface area contributed by atoms with Crippen molar-refractivity contribution >= 4 is 17.8 Å². The van der Waals surface area contributed by atoms with Crippen molar-refractivity contribution in [2.75, 3.05) is 11.9 Å². The van der Waals surface area contributed by atoms with E-state index in [-0.39, 0.29) is 24.8 Å². The second kappa shape index (κ2) is 13.4. The van der Waals surface area contributed by atoms with Crippen molar-refractivity contribution < 1.29 is 27.5 Å². The van der Waals surface area contributed by atoms with Gasteiger partial charge in [0.2, 0.25) is 0 Å². The quantitative estimate of drug-likeness (QED) is 0.374. The van der Waals surface area contributed by atoms with E-state index >= 15 is 0 Å². The van der Waals surface area contributed by atoms with E-state index in [0.717, 1.165) is 31.2 Å². The first-order chi connectivity index (χ1) is 17.6. The van der Waals surface area contributed by atoms with Crippen molar-refractivity contribution in [3.63, 3.8) is 0 Å². The van der Waals surface area contributed by atoms with Gasteiger partial charge in [-0.05, 0) is 42.0 Å². The van der Waals surface area contributed by atoms with Gasteiger partial charge in [-0.3, -0.25) is 4.79 Å². The van der Waals surface area contributed by atoms with Gasteiger partial charge in [0, 0.05) is 31.7 Å². The highest BCUT2D eigenvalue weighted by Gasteiger charge is 2.36. The van der Waals surface area contributed by atoms with E-state index < -0.39 is 36.9 Å². The summed E-state index contributed by atoms with van der Waals surface area (Å²) >= 11 is 0. The lowest BCUT2D eigenvalue weighted by Gasteiger charge is -2.31. The molecule has 2 atom stereocenters. The number of nitrogens with one attached hydrogen (secondary N) is 3. The molecule has 37 heavy (non-hydrogen) atoms. The van der Waals surface area contributed by atoms with E-state index in [1.165, 1.54) is 6.20 Å². The third-order valence-corrected chi connectivity index (χ3v) is 6.45. The number of benzene rings is 1. The van der Waals surface area contributed by atoms with Gasteiger partial charge in [-0.1, -0.05) is 50.1 Å². The summed E-state index contributed by atoms with van der Waals surface area (Å²) in [7, 11) is 0. The molecule has 2 amide bonds. The third kappa shape index (κ3) is 9.32. The van der Waals surface area contributed by atoms with Crippen LogP contribution in [-0.4, -0.2) is 41.9 Å². The smallest absolute Gasteiger partial charge is 0.408 e. The van der Waals surface area contributed by atoms with Crippen molar-refractivity contribution in [1.29, 1.82) is 0 Å². The number of halogens is 3. The number of ether oxygens (including phenoxy) is 1. The molecule has 0 radical (unpaired) electrons. The Bertz CT molecular complexity index is 1010. The molecular weight excluding hydrogens is 487 g/mol. The zero-order chi connectivity index (χ0) is 26.8. The first-order valence-electron chi connectivity index (χ1n) is 12.4. The summed E-state index contributed by atoms with van der Waals surface area (Å²) in [4.78, 5) is 29.9. The van der Waals surface area contributed by atoms with Gasteiger partial charge in [0.25, 0.3) is 5.91 Å². The molecule has 1 unspecified atom stereocenters. The maximum absolute atomic E-state index is 13.2.